The van der Waals surface area contributed by atoms with Crippen molar-refractivity contribution in [3.05, 3.63) is 59.7 Å². The summed E-state index contributed by atoms with van der Waals surface area (Å²) in [5.41, 5.74) is 1.92. The van der Waals surface area contributed by atoms with Crippen molar-refractivity contribution < 1.29 is 9.50 Å². The van der Waals surface area contributed by atoms with Gasteiger partial charge in [-0.2, -0.15) is 0 Å². The summed E-state index contributed by atoms with van der Waals surface area (Å²) in [5, 5.41) is 8.89. The Morgan fingerprint density at radius 1 is 1.07 bits per heavy atom. The van der Waals surface area contributed by atoms with Gasteiger partial charge in [-0.3, -0.25) is 0 Å². The minimum atomic E-state index is -0.220. The maximum Gasteiger partial charge on any atom is 0.123 e. The molecule has 0 unspecified atom stereocenters. The van der Waals surface area contributed by atoms with Crippen LogP contribution in [0.2, 0.25) is 0 Å². The van der Waals surface area contributed by atoms with E-state index in [1.807, 2.05) is 23.0 Å². The molecule has 2 nitrogen and oxygen atoms in total. The molecule has 2 aromatic rings. The maximum atomic E-state index is 12.6. The second kappa shape index (κ2) is 4.28. The van der Waals surface area contributed by atoms with Crippen molar-refractivity contribution in [2.45, 2.75) is 13.2 Å². The molecule has 1 aromatic heterocycles. The minimum absolute atomic E-state index is 0.0520. The van der Waals surface area contributed by atoms with Crippen LogP contribution >= 0.6 is 0 Å². The van der Waals surface area contributed by atoms with Crippen LogP contribution in [-0.4, -0.2) is 9.67 Å². The predicted octanol–water partition coefficient (Wildman–Crippen LogP) is 2.17. The molecule has 0 aliphatic heterocycles. The topological polar surface area (TPSA) is 25.2 Å². The normalized spacial score (nSPS) is 10.5. The molecule has 1 heterocycles. The zero-order valence-electron chi connectivity index (χ0n) is 8.23. The first-order valence-electron chi connectivity index (χ1n) is 4.78. The zero-order valence-corrected chi connectivity index (χ0v) is 8.23. The van der Waals surface area contributed by atoms with E-state index in [0.717, 1.165) is 11.1 Å². The average molecular weight is 205 g/mol. The van der Waals surface area contributed by atoms with Crippen LogP contribution in [0.25, 0.3) is 0 Å². The fourth-order valence-electron chi connectivity index (χ4n) is 1.48. The summed E-state index contributed by atoms with van der Waals surface area (Å²) in [6, 6.07) is 8.28. The van der Waals surface area contributed by atoms with E-state index >= 15 is 0 Å². The molecule has 0 saturated carbocycles. The highest BCUT2D eigenvalue weighted by Gasteiger charge is 1.97. The molecule has 1 aromatic carbocycles. The highest BCUT2D eigenvalue weighted by Crippen LogP contribution is 2.07. The third-order valence-electron chi connectivity index (χ3n) is 2.27. The number of aliphatic hydroxyl groups excluding tert-OH is 1. The van der Waals surface area contributed by atoms with Crippen LogP contribution in [0.3, 0.4) is 0 Å². The summed E-state index contributed by atoms with van der Waals surface area (Å²) in [7, 11) is 0. The molecule has 0 atom stereocenters. The summed E-state index contributed by atoms with van der Waals surface area (Å²) in [5.74, 6) is -0.220. The first-order valence-corrected chi connectivity index (χ1v) is 4.78. The van der Waals surface area contributed by atoms with Crippen LogP contribution in [0.15, 0.2) is 42.7 Å². The molecule has 15 heavy (non-hydrogen) atoms. The number of benzene rings is 1. The summed E-state index contributed by atoms with van der Waals surface area (Å²) in [6.45, 7) is 0.747. The van der Waals surface area contributed by atoms with E-state index in [4.69, 9.17) is 5.11 Å². The Morgan fingerprint density at radius 2 is 1.80 bits per heavy atom. The van der Waals surface area contributed by atoms with Gasteiger partial charge in [-0.1, -0.05) is 12.1 Å². The van der Waals surface area contributed by atoms with Gasteiger partial charge in [0.05, 0.1) is 6.61 Å². The van der Waals surface area contributed by atoms with Crippen LogP contribution in [0.1, 0.15) is 11.1 Å². The van der Waals surface area contributed by atoms with Gasteiger partial charge in [0.25, 0.3) is 0 Å². The quantitative estimate of drug-likeness (QED) is 0.816. The number of hydrogen-bond acceptors (Lipinski definition) is 1. The molecule has 0 amide bonds. The first-order chi connectivity index (χ1) is 7.28. The Kier molecular flexibility index (Phi) is 2.83. The van der Waals surface area contributed by atoms with Crippen molar-refractivity contribution in [2.24, 2.45) is 0 Å². The number of hydrogen-bond donors (Lipinski definition) is 1. The molecule has 0 aliphatic carbocycles. The van der Waals surface area contributed by atoms with Crippen molar-refractivity contribution in [3.8, 4) is 0 Å². The lowest BCUT2D eigenvalue weighted by atomic mass is 10.2. The minimum Gasteiger partial charge on any atom is -0.392 e. The fourth-order valence-corrected chi connectivity index (χ4v) is 1.48. The van der Waals surface area contributed by atoms with Gasteiger partial charge in [0.15, 0.2) is 0 Å². The van der Waals surface area contributed by atoms with Crippen molar-refractivity contribution in [1.82, 2.24) is 4.57 Å². The highest BCUT2D eigenvalue weighted by atomic mass is 19.1. The molecule has 0 spiro atoms. The van der Waals surface area contributed by atoms with Gasteiger partial charge in [-0.15, -0.1) is 0 Å². The lowest BCUT2D eigenvalue weighted by Gasteiger charge is -2.02. The molecule has 0 radical (unpaired) electrons. The third-order valence-corrected chi connectivity index (χ3v) is 2.27. The summed E-state index contributed by atoms with van der Waals surface area (Å²) >= 11 is 0. The van der Waals surface area contributed by atoms with Crippen molar-refractivity contribution in [2.75, 3.05) is 0 Å². The van der Waals surface area contributed by atoms with E-state index in [1.165, 1.54) is 12.1 Å². The molecule has 1 N–H and O–H groups in total. The van der Waals surface area contributed by atoms with E-state index in [-0.39, 0.29) is 12.4 Å². The van der Waals surface area contributed by atoms with E-state index < -0.39 is 0 Å². The number of halogens is 1. The average Bonchev–Trinajstić information content (AvgIpc) is 2.69. The second-order valence-electron chi connectivity index (χ2n) is 3.48. The number of rotatable bonds is 3. The maximum absolute atomic E-state index is 12.6. The zero-order chi connectivity index (χ0) is 10.7. The Bertz CT molecular complexity index is 433. The summed E-state index contributed by atoms with van der Waals surface area (Å²) < 4.78 is 14.6. The van der Waals surface area contributed by atoms with E-state index in [2.05, 4.69) is 0 Å². The van der Waals surface area contributed by atoms with Crippen molar-refractivity contribution in [1.29, 1.82) is 0 Å². The van der Waals surface area contributed by atoms with Crippen LogP contribution < -0.4 is 0 Å². The molecule has 3 heteroatoms. The van der Waals surface area contributed by atoms with Gasteiger partial charge in [0.1, 0.15) is 5.82 Å². The predicted molar refractivity (Wildman–Crippen MR) is 55.9 cm³/mol. The lowest BCUT2D eigenvalue weighted by molar-refractivity contribution is 0.282. The molecular weight excluding hydrogens is 193 g/mol. The van der Waals surface area contributed by atoms with Crippen LogP contribution in [0.4, 0.5) is 4.39 Å². The molecule has 0 saturated heterocycles. The van der Waals surface area contributed by atoms with Crippen LogP contribution in [0.5, 0.6) is 0 Å². The van der Waals surface area contributed by atoms with Crippen LogP contribution in [-0.2, 0) is 13.2 Å². The highest BCUT2D eigenvalue weighted by molar-refractivity contribution is 5.18. The number of aromatic nitrogens is 1. The molecule has 0 aliphatic rings. The largest absolute Gasteiger partial charge is 0.392 e. The molecule has 0 fully saturated rings. The van der Waals surface area contributed by atoms with E-state index in [0.29, 0.717) is 6.54 Å². The van der Waals surface area contributed by atoms with Gasteiger partial charge in [-0.25, -0.2) is 4.39 Å². The molecular formula is C12H12FNO. The van der Waals surface area contributed by atoms with Gasteiger partial charge >= 0.3 is 0 Å². The van der Waals surface area contributed by atoms with Gasteiger partial charge in [-0.05, 0) is 29.3 Å². The first kappa shape index (κ1) is 9.93. The van der Waals surface area contributed by atoms with Crippen LogP contribution in [0, 0.1) is 5.82 Å². The Balaban J connectivity index is 2.11. The molecule has 78 valence electrons. The number of nitrogens with zero attached hydrogens (tertiary/aromatic N) is 1. The standard InChI is InChI=1S/C12H12FNO/c13-12-3-1-10(2-4-12)7-14-6-5-11(8-14)9-15/h1-6,8,15H,7,9H2. The van der Waals surface area contributed by atoms with Gasteiger partial charge in [0, 0.05) is 18.9 Å². The molecule has 0 bridgehead atoms. The third kappa shape index (κ3) is 2.44. The lowest BCUT2D eigenvalue weighted by Crippen LogP contribution is -1.96. The fraction of sp³-hybridized carbons (Fsp3) is 0.167. The monoisotopic (exact) mass is 205 g/mol. The van der Waals surface area contributed by atoms with Gasteiger partial charge < -0.3 is 9.67 Å². The van der Waals surface area contributed by atoms with E-state index in [1.54, 1.807) is 12.1 Å². The SMILES string of the molecule is OCc1ccn(Cc2ccc(F)cc2)c1. The Morgan fingerprint density at radius 3 is 2.40 bits per heavy atom. The Hall–Kier alpha value is -1.61. The van der Waals surface area contributed by atoms with Gasteiger partial charge in [0.2, 0.25) is 0 Å². The number of aliphatic hydroxyl groups is 1. The van der Waals surface area contributed by atoms with Crippen molar-refractivity contribution >= 4 is 0 Å². The summed E-state index contributed by atoms with van der Waals surface area (Å²) in [6.07, 6.45) is 3.78. The van der Waals surface area contributed by atoms with E-state index in [9.17, 15) is 4.39 Å². The second-order valence-corrected chi connectivity index (χ2v) is 3.48. The van der Waals surface area contributed by atoms with Crippen molar-refractivity contribution in [3.63, 3.8) is 0 Å². The summed E-state index contributed by atoms with van der Waals surface area (Å²) in [4.78, 5) is 0. The molecule has 2 rings (SSSR count). The smallest absolute Gasteiger partial charge is 0.123 e. The Labute approximate surface area is 87.6 Å².